The quantitative estimate of drug-likeness (QED) is 0.317. The van der Waals surface area contributed by atoms with Crippen LogP contribution >= 0.6 is 22.9 Å². The minimum atomic E-state index is -0.179. The molecule has 0 saturated carbocycles. The first-order valence-corrected chi connectivity index (χ1v) is 12.9. The first-order chi connectivity index (χ1) is 17.0. The number of thiophene rings is 1. The summed E-state index contributed by atoms with van der Waals surface area (Å²) in [5.41, 5.74) is 3.73. The van der Waals surface area contributed by atoms with Crippen molar-refractivity contribution in [1.82, 2.24) is 25.3 Å². The first-order valence-electron chi connectivity index (χ1n) is 11.5. The largest absolute Gasteiger partial charge is 0.362 e. The molecule has 0 aliphatic carbocycles. The van der Waals surface area contributed by atoms with Crippen LogP contribution in [0.3, 0.4) is 0 Å². The van der Waals surface area contributed by atoms with Gasteiger partial charge in [-0.15, -0.1) is 6.42 Å². The van der Waals surface area contributed by atoms with Crippen molar-refractivity contribution in [1.29, 1.82) is 0 Å². The molecule has 10 heteroatoms. The third kappa shape index (κ3) is 4.91. The maximum absolute atomic E-state index is 6.13. The Balaban J connectivity index is 1.53. The van der Waals surface area contributed by atoms with E-state index >= 15 is 0 Å². The molecule has 1 atom stereocenters. The molecule has 180 valence electrons. The molecule has 5 rings (SSSR count). The number of rotatable bonds is 7. The molecule has 3 N–H and O–H groups in total. The lowest BCUT2D eigenvalue weighted by molar-refractivity contribution is 0.579. The standard InChI is InChI=1S/C25H27ClN8S/c1-4-16(2)34(19-7-12-35-15-19)24-17(3)23(31-25(32-24)33-10-8-27-9-11-33)28-14-22-29-20-6-5-18(26)13-21(20)30-22/h1,5-7,12-13,15-16,27H,8-11,14H2,2-3H3,(H,29,30)(H,28,31,32). The van der Waals surface area contributed by atoms with Crippen molar-refractivity contribution in [3.8, 4) is 12.3 Å². The SMILES string of the molecule is C#CC(C)N(c1ccsc1)c1nc(N2CCNCC2)nc(NCc2nc3cc(Cl)ccc3[nH]2)c1C. The molecule has 4 heterocycles. The van der Waals surface area contributed by atoms with Crippen molar-refractivity contribution in [2.24, 2.45) is 0 Å². The number of piperazine rings is 1. The van der Waals surface area contributed by atoms with Crippen molar-refractivity contribution >= 4 is 57.2 Å². The van der Waals surface area contributed by atoms with E-state index in [9.17, 15) is 0 Å². The maximum Gasteiger partial charge on any atom is 0.229 e. The Hall–Kier alpha value is -3.32. The van der Waals surface area contributed by atoms with E-state index in [4.69, 9.17) is 28.0 Å². The van der Waals surface area contributed by atoms with Gasteiger partial charge in [-0.1, -0.05) is 17.5 Å². The lowest BCUT2D eigenvalue weighted by Gasteiger charge is -2.32. The Morgan fingerprint density at radius 2 is 2.09 bits per heavy atom. The summed E-state index contributed by atoms with van der Waals surface area (Å²) in [5.74, 6) is 5.93. The van der Waals surface area contributed by atoms with Crippen LogP contribution in [0.2, 0.25) is 5.02 Å². The van der Waals surface area contributed by atoms with Gasteiger partial charge in [0.15, 0.2) is 0 Å². The summed E-state index contributed by atoms with van der Waals surface area (Å²) in [6.07, 6.45) is 5.88. The number of hydrogen-bond donors (Lipinski definition) is 3. The predicted octanol–water partition coefficient (Wildman–Crippen LogP) is 4.56. The molecular formula is C25H27ClN8S. The minimum absolute atomic E-state index is 0.179. The summed E-state index contributed by atoms with van der Waals surface area (Å²) in [6, 6.07) is 7.53. The van der Waals surface area contributed by atoms with Gasteiger partial charge in [0.25, 0.3) is 0 Å². The van der Waals surface area contributed by atoms with Gasteiger partial charge in [0, 0.05) is 42.1 Å². The van der Waals surface area contributed by atoms with E-state index in [1.807, 2.05) is 37.4 Å². The lowest BCUT2D eigenvalue weighted by atomic mass is 10.2. The number of aromatic nitrogens is 4. The van der Waals surface area contributed by atoms with Gasteiger partial charge in [-0.25, -0.2) is 4.98 Å². The third-order valence-electron chi connectivity index (χ3n) is 6.07. The normalized spacial score (nSPS) is 14.6. The van der Waals surface area contributed by atoms with E-state index in [-0.39, 0.29) is 6.04 Å². The van der Waals surface area contributed by atoms with Crippen molar-refractivity contribution in [2.45, 2.75) is 26.4 Å². The summed E-state index contributed by atoms with van der Waals surface area (Å²) in [6.45, 7) is 7.99. The van der Waals surface area contributed by atoms with Gasteiger partial charge in [-0.05, 0) is 43.5 Å². The second kappa shape index (κ2) is 10.1. The van der Waals surface area contributed by atoms with Gasteiger partial charge in [-0.2, -0.15) is 21.3 Å². The smallest absolute Gasteiger partial charge is 0.229 e. The molecule has 1 saturated heterocycles. The van der Waals surface area contributed by atoms with Crippen LogP contribution < -0.4 is 20.4 Å². The molecule has 0 bridgehead atoms. The number of nitrogens with zero attached hydrogens (tertiary/aromatic N) is 5. The van der Waals surface area contributed by atoms with Crippen LogP contribution in [0.15, 0.2) is 35.0 Å². The van der Waals surface area contributed by atoms with Crippen LogP contribution in [-0.4, -0.2) is 52.2 Å². The lowest BCUT2D eigenvalue weighted by Crippen LogP contribution is -2.44. The van der Waals surface area contributed by atoms with Crippen molar-refractivity contribution in [3.05, 3.63) is 51.4 Å². The predicted molar refractivity (Wildman–Crippen MR) is 145 cm³/mol. The fourth-order valence-corrected chi connectivity index (χ4v) is 4.98. The average molecular weight is 507 g/mol. The Morgan fingerprint density at radius 3 is 2.83 bits per heavy atom. The highest BCUT2D eigenvalue weighted by Crippen LogP contribution is 2.34. The van der Waals surface area contributed by atoms with Crippen molar-refractivity contribution in [2.75, 3.05) is 41.3 Å². The zero-order valence-electron chi connectivity index (χ0n) is 19.7. The second-order valence-corrected chi connectivity index (χ2v) is 9.67. The summed E-state index contributed by atoms with van der Waals surface area (Å²) in [4.78, 5) is 22.3. The van der Waals surface area contributed by atoms with Crippen LogP contribution in [0.1, 0.15) is 18.3 Å². The summed E-state index contributed by atoms with van der Waals surface area (Å²) in [5, 5.41) is 11.7. The number of benzene rings is 1. The van der Waals surface area contributed by atoms with E-state index in [2.05, 4.69) is 47.8 Å². The Labute approximate surface area is 213 Å². The maximum atomic E-state index is 6.13. The van der Waals surface area contributed by atoms with Crippen LogP contribution in [0.4, 0.5) is 23.3 Å². The molecule has 3 aromatic heterocycles. The molecule has 1 aliphatic rings. The van der Waals surface area contributed by atoms with Crippen LogP contribution in [0.25, 0.3) is 11.0 Å². The van der Waals surface area contributed by atoms with Crippen LogP contribution in [0, 0.1) is 19.3 Å². The molecule has 8 nitrogen and oxygen atoms in total. The number of terminal acetylenes is 1. The van der Waals surface area contributed by atoms with Gasteiger partial charge in [0.05, 0.1) is 29.3 Å². The Bertz CT molecular complexity index is 1350. The molecular weight excluding hydrogens is 480 g/mol. The molecule has 0 spiro atoms. The topological polar surface area (TPSA) is 85.0 Å². The Kier molecular flexibility index (Phi) is 6.77. The summed E-state index contributed by atoms with van der Waals surface area (Å²) in [7, 11) is 0. The average Bonchev–Trinajstić information content (AvgIpc) is 3.54. The molecule has 1 aromatic carbocycles. The van der Waals surface area contributed by atoms with Gasteiger partial charge in [0.1, 0.15) is 17.5 Å². The van der Waals surface area contributed by atoms with E-state index in [0.717, 1.165) is 65.9 Å². The van der Waals surface area contributed by atoms with Crippen molar-refractivity contribution in [3.63, 3.8) is 0 Å². The number of nitrogens with one attached hydrogen (secondary N) is 3. The highest BCUT2D eigenvalue weighted by atomic mass is 35.5. The minimum Gasteiger partial charge on any atom is -0.362 e. The zero-order chi connectivity index (χ0) is 24.4. The zero-order valence-corrected chi connectivity index (χ0v) is 21.2. The Morgan fingerprint density at radius 1 is 1.26 bits per heavy atom. The van der Waals surface area contributed by atoms with E-state index in [1.165, 1.54) is 0 Å². The van der Waals surface area contributed by atoms with E-state index in [0.29, 0.717) is 17.5 Å². The van der Waals surface area contributed by atoms with Crippen LogP contribution in [-0.2, 0) is 6.54 Å². The van der Waals surface area contributed by atoms with E-state index in [1.54, 1.807) is 11.3 Å². The molecule has 1 unspecified atom stereocenters. The highest BCUT2D eigenvalue weighted by molar-refractivity contribution is 7.08. The van der Waals surface area contributed by atoms with Gasteiger partial charge in [0.2, 0.25) is 5.95 Å². The number of H-pyrrole nitrogens is 1. The third-order valence-corrected chi connectivity index (χ3v) is 6.97. The molecule has 1 aliphatic heterocycles. The van der Waals surface area contributed by atoms with Gasteiger partial charge in [-0.3, -0.25) is 0 Å². The fraction of sp³-hybridized carbons (Fsp3) is 0.320. The van der Waals surface area contributed by atoms with Crippen molar-refractivity contribution < 1.29 is 0 Å². The number of hydrogen-bond acceptors (Lipinski definition) is 8. The summed E-state index contributed by atoms with van der Waals surface area (Å²) < 4.78 is 0. The first kappa shape index (κ1) is 23.4. The fourth-order valence-electron chi connectivity index (χ4n) is 4.19. The van der Waals surface area contributed by atoms with Gasteiger partial charge < -0.3 is 25.4 Å². The monoisotopic (exact) mass is 506 g/mol. The molecule has 0 radical (unpaired) electrons. The summed E-state index contributed by atoms with van der Waals surface area (Å²) >= 11 is 7.76. The van der Waals surface area contributed by atoms with E-state index < -0.39 is 0 Å². The second-order valence-electron chi connectivity index (χ2n) is 8.45. The number of anilines is 4. The van der Waals surface area contributed by atoms with Gasteiger partial charge >= 0.3 is 0 Å². The molecule has 0 amide bonds. The number of aromatic amines is 1. The number of imidazole rings is 1. The van der Waals surface area contributed by atoms with Crippen LogP contribution in [0.5, 0.6) is 0 Å². The number of halogens is 1. The number of fused-ring (bicyclic) bond motifs is 1. The molecule has 4 aromatic rings. The molecule has 35 heavy (non-hydrogen) atoms. The molecule has 1 fully saturated rings. The highest BCUT2D eigenvalue weighted by Gasteiger charge is 2.24.